The topological polar surface area (TPSA) is 44.8 Å². The van der Waals surface area contributed by atoms with E-state index in [1.807, 2.05) is 121 Å². The zero-order valence-corrected chi connectivity index (χ0v) is 20.8. The zero-order valence-electron chi connectivity index (χ0n) is 19.9. The fourth-order valence-corrected chi connectivity index (χ4v) is 5.54. The molecule has 5 heteroatoms. The molecule has 0 spiro atoms. The summed E-state index contributed by atoms with van der Waals surface area (Å²) in [5.74, 6) is 1.18. The summed E-state index contributed by atoms with van der Waals surface area (Å²) in [5, 5.41) is 4.02. The molecule has 0 heterocycles. The van der Waals surface area contributed by atoms with E-state index in [-0.39, 0.29) is 0 Å². The average Bonchev–Trinajstić information content (AvgIpc) is 2.93. The van der Waals surface area contributed by atoms with Crippen LogP contribution >= 0.6 is 7.82 Å². The molecule has 0 bridgehead atoms. The molecule has 0 N–H and O–H groups in total. The SMILES string of the molecule is O=P(Oc1ccc2ccccc2c1)(Oc1ccc2ccccc2c1)Oc1ccccc1-c1ccccc1. The lowest BCUT2D eigenvalue weighted by atomic mass is 10.1. The molecule has 0 aliphatic carbocycles. The molecule has 0 aliphatic rings. The van der Waals surface area contributed by atoms with Crippen molar-refractivity contribution in [3.63, 3.8) is 0 Å². The van der Waals surface area contributed by atoms with Crippen molar-refractivity contribution >= 4 is 29.4 Å². The van der Waals surface area contributed by atoms with Gasteiger partial charge in [0.2, 0.25) is 0 Å². The van der Waals surface area contributed by atoms with Crippen molar-refractivity contribution in [2.24, 2.45) is 0 Å². The van der Waals surface area contributed by atoms with E-state index < -0.39 is 7.82 Å². The van der Waals surface area contributed by atoms with Crippen molar-refractivity contribution < 1.29 is 18.1 Å². The molecule has 4 nitrogen and oxygen atoms in total. The van der Waals surface area contributed by atoms with Gasteiger partial charge in [-0.1, -0.05) is 109 Å². The highest BCUT2D eigenvalue weighted by atomic mass is 31.2. The third kappa shape index (κ3) is 5.06. The van der Waals surface area contributed by atoms with Crippen molar-refractivity contribution in [1.29, 1.82) is 0 Å². The Balaban J connectivity index is 1.40. The largest absolute Gasteiger partial charge is 0.647 e. The van der Waals surface area contributed by atoms with E-state index in [2.05, 4.69) is 0 Å². The van der Waals surface area contributed by atoms with Gasteiger partial charge in [0.15, 0.2) is 0 Å². The van der Waals surface area contributed by atoms with E-state index in [0.717, 1.165) is 32.7 Å². The van der Waals surface area contributed by atoms with E-state index in [1.54, 1.807) is 18.2 Å². The highest BCUT2D eigenvalue weighted by Gasteiger charge is 2.34. The molecule has 0 amide bonds. The van der Waals surface area contributed by atoms with Gasteiger partial charge in [-0.3, -0.25) is 0 Å². The van der Waals surface area contributed by atoms with Gasteiger partial charge in [0, 0.05) is 5.56 Å². The maximum atomic E-state index is 14.3. The van der Waals surface area contributed by atoms with Crippen LogP contribution in [-0.2, 0) is 4.57 Å². The van der Waals surface area contributed by atoms with Gasteiger partial charge in [-0.2, -0.15) is 4.57 Å². The molecule has 37 heavy (non-hydrogen) atoms. The van der Waals surface area contributed by atoms with E-state index in [4.69, 9.17) is 13.6 Å². The molecule has 6 aromatic rings. The van der Waals surface area contributed by atoms with Crippen molar-refractivity contribution in [2.75, 3.05) is 0 Å². The van der Waals surface area contributed by atoms with Crippen LogP contribution in [0.1, 0.15) is 0 Å². The highest BCUT2D eigenvalue weighted by Crippen LogP contribution is 2.52. The summed E-state index contributed by atoms with van der Waals surface area (Å²) < 4.78 is 32.5. The molecule has 180 valence electrons. The van der Waals surface area contributed by atoms with Crippen LogP contribution < -0.4 is 13.6 Å². The normalized spacial score (nSPS) is 11.4. The molecule has 6 rings (SSSR count). The van der Waals surface area contributed by atoms with Gasteiger partial charge >= 0.3 is 7.82 Å². The average molecular weight is 503 g/mol. The fourth-order valence-electron chi connectivity index (χ4n) is 4.29. The molecular formula is C32H23O4P. The zero-order chi connectivity index (χ0) is 25.1. The molecule has 0 fully saturated rings. The second kappa shape index (κ2) is 9.85. The van der Waals surface area contributed by atoms with E-state index in [0.29, 0.717) is 17.2 Å². The third-order valence-electron chi connectivity index (χ3n) is 6.06. The Kier molecular flexibility index (Phi) is 6.10. The first-order valence-electron chi connectivity index (χ1n) is 12.0. The summed E-state index contributed by atoms with van der Waals surface area (Å²) in [5.41, 5.74) is 1.72. The Labute approximate surface area is 215 Å². The summed E-state index contributed by atoms with van der Waals surface area (Å²) in [4.78, 5) is 0. The first-order chi connectivity index (χ1) is 18.2. The fraction of sp³-hybridized carbons (Fsp3) is 0. The molecule has 0 aliphatic heterocycles. The number of para-hydroxylation sites is 1. The van der Waals surface area contributed by atoms with Crippen molar-refractivity contribution in [3.8, 4) is 28.4 Å². The van der Waals surface area contributed by atoms with E-state index in [9.17, 15) is 4.57 Å². The number of phosphoric acid groups is 1. The summed E-state index contributed by atoms with van der Waals surface area (Å²) in [7, 11) is -4.19. The minimum atomic E-state index is -4.19. The van der Waals surface area contributed by atoms with Gasteiger partial charge < -0.3 is 13.6 Å². The second-order valence-corrected chi connectivity index (χ2v) is 10.0. The minimum Gasteiger partial charge on any atom is -0.386 e. The highest BCUT2D eigenvalue weighted by molar-refractivity contribution is 7.49. The van der Waals surface area contributed by atoms with Gasteiger partial charge in [0.05, 0.1) is 0 Å². The molecule has 0 saturated carbocycles. The smallest absolute Gasteiger partial charge is 0.386 e. The van der Waals surface area contributed by atoms with Crippen LogP contribution in [0.15, 0.2) is 140 Å². The number of rotatable bonds is 7. The lowest BCUT2D eigenvalue weighted by Gasteiger charge is -2.21. The Hall–Kier alpha value is -4.53. The summed E-state index contributed by atoms with van der Waals surface area (Å²) in [6.07, 6.45) is 0. The van der Waals surface area contributed by atoms with E-state index in [1.165, 1.54) is 0 Å². The number of hydrogen-bond acceptors (Lipinski definition) is 4. The number of hydrogen-bond donors (Lipinski definition) is 0. The maximum absolute atomic E-state index is 14.3. The lowest BCUT2D eigenvalue weighted by molar-refractivity contribution is 0.299. The standard InChI is InChI=1S/C32H23O4P/c33-37(34-29-20-18-24-10-4-6-14-27(24)22-29,35-30-21-19-25-11-5-7-15-28(25)23-30)36-32-17-9-8-16-31(32)26-12-2-1-3-13-26/h1-23H. The predicted molar refractivity (Wildman–Crippen MR) is 149 cm³/mol. The quantitative estimate of drug-likeness (QED) is 0.204. The van der Waals surface area contributed by atoms with Gasteiger partial charge in [0.25, 0.3) is 0 Å². The predicted octanol–water partition coefficient (Wildman–Crippen LogP) is 9.30. The van der Waals surface area contributed by atoms with Crippen LogP contribution in [-0.4, -0.2) is 0 Å². The van der Waals surface area contributed by atoms with Crippen LogP contribution in [0.5, 0.6) is 17.2 Å². The van der Waals surface area contributed by atoms with Crippen LogP contribution in [0.25, 0.3) is 32.7 Å². The maximum Gasteiger partial charge on any atom is 0.647 e. The third-order valence-corrected chi connectivity index (χ3v) is 7.35. The molecule has 0 radical (unpaired) electrons. The van der Waals surface area contributed by atoms with Gasteiger partial charge in [-0.25, -0.2) is 0 Å². The first-order valence-corrected chi connectivity index (χ1v) is 13.4. The molecular weight excluding hydrogens is 479 g/mol. The molecule has 0 aromatic heterocycles. The van der Waals surface area contributed by atoms with Crippen LogP contribution in [0.2, 0.25) is 0 Å². The molecule has 0 unspecified atom stereocenters. The summed E-state index contributed by atoms with van der Waals surface area (Å²) >= 11 is 0. The van der Waals surface area contributed by atoms with Crippen molar-refractivity contribution in [2.45, 2.75) is 0 Å². The van der Waals surface area contributed by atoms with Crippen LogP contribution in [0, 0.1) is 0 Å². The van der Waals surface area contributed by atoms with Gasteiger partial charge in [-0.15, -0.1) is 0 Å². The molecule has 6 aromatic carbocycles. The minimum absolute atomic E-state index is 0.389. The Morgan fingerprint density at radius 2 is 0.919 bits per heavy atom. The van der Waals surface area contributed by atoms with Crippen molar-refractivity contribution in [1.82, 2.24) is 0 Å². The van der Waals surface area contributed by atoms with Gasteiger partial charge in [-0.05, 0) is 57.4 Å². The Morgan fingerprint density at radius 3 is 1.51 bits per heavy atom. The Bertz CT molecular complexity index is 1660. The molecule has 0 saturated heterocycles. The lowest BCUT2D eigenvalue weighted by Crippen LogP contribution is -2.08. The van der Waals surface area contributed by atoms with Crippen LogP contribution in [0.4, 0.5) is 0 Å². The first kappa shape index (κ1) is 22.9. The van der Waals surface area contributed by atoms with Crippen LogP contribution in [0.3, 0.4) is 0 Å². The monoisotopic (exact) mass is 502 g/mol. The number of phosphoric ester groups is 1. The van der Waals surface area contributed by atoms with Gasteiger partial charge in [0.1, 0.15) is 17.2 Å². The molecule has 0 atom stereocenters. The summed E-state index contributed by atoms with van der Waals surface area (Å²) in [6.45, 7) is 0. The Morgan fingerprint density at radius 1 is 0.432 bits per heavy atom. The number of benzene rings is 6. The summed E-state index contributed by atoms with van der Waals surface area (Å²) in [6, 6.07) is 44.1. The van der Waals surface area contributed by atoms with E-state index >= 15 is 0 Å². The number of fused-ring (bicyclic) bond motifs is 2. The second-order valence-electron chi connectivity index (χ2n) is 8.60. The van der Waals surface area contributed by atoms with Crippen molar-refractivity contribution in [3.05, 3.63) is 140 Å².